The van der Waals surface area contributed by atoms with E-state index in [0.29, 0.717) is 12.0 Å². The summed E-state index contributed by atoms with van der Waals surface area (Å²) in [6.07, 6.45) is 0.630. The second-order valence-corrected chi connectivity index (χ2v) is 2.30. The van der Waals surface area contributed by atoms with E-state index in [1.807, 2.05) is 6.92 Å². The summed E-state index contributed by atoms with van der Waals surface area (Å²) in [5.74, 6) is -1.86. The van der Waals surface area contributed by atoms with Crippen LogP contribution in [0.1, 0.15) is 12.5 Å². The van der Waals surface area contributed by atoms with Gasteiger partial charge in [0, 0.05) is 0 Å². The van der Waals surface area contributed by atoms with Crippen LogP contribution >= 0.6 is 0 Å². The average Bonchev–Trinajstić information content (AvgIpc) is 1.99. The molecule has 2 nitrogen and oxygen atoms in total. The summed E-state index contributed by atoms with van der Waals surface area (Å²) >= 11 is 0. The molecule has 1 aromatic carbocycles. The smallest absolute Gasteiger partial charge is 0.194 e. The molecule has 0 fully saturated rings. The van der Waals surface area contributed by atoms with Crippen molar-refractivity contribution in [2.45, 2.75) is 13.3 Å². The third-order valence-corrected chi connectivity index (χ3v) is 1.51. The predicted octanol–water partition coefficient (Wildman–Crippen LogP) is 1.80. The fourth-order valence-electron chi connectivity index (χ4n) is 0.843. The lowest BCUT2D eigenvalue weighted by atomic mass is 10.1. The van der Waals surface area contributed by atoms with Crippen LogP contribution in [0.4, 0.5) is 4.39 Å². The van der Waals surface area contributed by atoms with Crippen LogP contribution in [0, 0.1) is 5.82 Å². The molecular formula is C8H9FO2. The fraction of sp³-hybridized carbons (Fsp3) is 0.250. The summed E-state index contributed by atoms with van der Waals surface area (Å²) in [5.41, 5.74) is 0.665. The Hall–Kier alpha value is -1.25. The topological polar surface area (TPSA) is 40.5 Å². The molecule has 0 spiro atoms. The van der Waals surface area contributed by atoms with Crippen LogP contribution in [0.2, 0.25) is 0 Å². The van der Waals surface area contributed by atoms with Crippen LogP contribution in [0.5, 0.6) is 11.5 Å². The van der Waals surface area contributed by atoms with Gasteiger partial charge in [-0.1, -0.05) is 6.92 Å². The number of rotatable bonds is 1. The van der Waals surface area contributed by atoms with Crippen molar-refractivity contribution in [2.24, 2.45) is 0 Å². The van der Waals surface area contributed by atoms with Crippen molar-refractivity contribution in [3.05, 3.63) is 23.5 Å². The molecule has 0 amide bonds. The Morgan fingerprint density at radius 2 is 2.00 bits per heavy atom. The number of halogens is 1. The summed E-state index contributed by atoms with van der Waals surface area (Å²) in [6, 6.07) is 2.55. The minimum atomic E-state index is -0.776. The van der Waals surface area contributed by atoms with Gasteiger partial charge < -0.3 is 10.2 Å². The molecule has 60 valence electrons. The van der Waals surface area contributed by atoms with Gasteiger partial charge in [0.05, 0.1) is 0 Å². The van der Waals surface area contributed by atoms with Crippen LogP contribution in [-0.4, -0.2) is 10.2 Å². The fourth-order valence-corrected chi connectivity index (χ4v) is 0.843. The van der Waals surface area contributed by atoms with Gasteiger partial charge in [0.25, 0.3) is 0 Å². The molecule has 3 heteroatoms. The quantitative estimate of drug-likeness (QED) is 0.608. The summed E-state index contributed by atoms with van der Waals surface area (Å²) in [6.45, 7) is 1.84. The SMILES string of the molecule is CCc1cc(O)c(O)c(F)c1. The first-order chi connectivity index (χ1) is 5.15. The first-order valence-corrected chi connectivity index (χ1v) is 3.35. The summed E-state index contributed by atoms with van der Waals surface area (Å²) in [5, 5.41) is 17.7. The number of aromatic hydroxyl groups is 2. The number of aryl methyl sites for hydroxylation is 1. The minimum Gasteiger partial charge on any atom is -0.504 e. The molecule has 0 unspecified atom stereocenters. The molecule has 0 aliphatic carbocycles. The zero-order valence-corrected chi connectivity index (χ0v) is 6.13. The van der Waals surface area contributed by atoms with Crippen molar-refractivity contribution in [2.75, 3.05) is 0 Å². The molecule has 0 saturated carbocycles. The first-order valence-electron chi connectivity index (χ1n) is 3.35. The maximum atomic E-state index is 12.6. The van der Waals surface area contributed by atoms with E-state index in [0.717, 1.165) is 0 Å². The molecule has 0 saturated heterocycles. The van der Waals surface area contributed by atoms with E-state index in [4.69, 9.17) is 10.2 Å². The van der Waals surface area contributed by atoms with E-state index in [1.54, 1.807) is 0 Å². The molecular weight excluding hydrogens is 147 g/mol. The lowest BCUT2D eigenvalue weighted by Crippen LogP contribution is -1.83. The van der Waals surface area contributed by atoms with Gasteiger partial charge in [-0.05, 0) is 24.1 Å². The third kappa shape index (κ3) is 1.42. The van der Waals surface area contributed by atoms with Crippen LogP contribution in [0.15, 0.2) is 12.1 Å². The molecule has 0 atom stereocenters. The Morgan fingerprint density at radius 1 is 1.36 bits per heavy atom. The molecule has 0 aliphatic heterocycles. The number of phenols is 2. The molecule has 1 rings (SSSR count). The largest absolute Gasteiger partial charge is 0.504 e. The highest BCUT2D eigenvalue weighted by molar-refractivity contribution is 5.41. The number of benzene rings is 1. The van der Waals surface area contributed by atoms with Gasteiger partial charge >= 0.3 is 0 Å². The van der Waals surface area contributed by atoms with E-state index in [-0.39, 0.29) is 0 Å². The number of hydrogen-bond donors (Lipinski definition) is 2. The lowest BCUT2D eigenvalue weighted by Gasteiger charge is -2.01. The van der Waals surface area contributed by atoms with Crippen LogP contribution < -0.4 is 0 Å². The maximum absolute atomic E-state index is 12.6. The van der Waals surface area contributed by atoms with E-state index >= 15 is 0 Å². The van der Waals surface area contributed by atoms with Gasteiger partial charge in [0.15, 0.2) is 17.3 Å². The van der Waals surface area contributed by atoms with Gasteiger partial charge in [-0.25, -0.2) is 4.39 Å². The van der Waals surface area contributed by atoms with Crippen LogP contribution in [0.25, 0.3) is 0 Å². The second kappa shape index (κ2) is 2.78. The normalized spacial score (nSPS) is 10.0. The van der Waals surface area contributed by atoms with Crippen molar-refractivity contribution >= 4 is 0 Å². The standard InChI is InChI=1S/C8H9FO2/c1-2-5-3-6(9)8(11)7(10)4-5/h3-4,10-11H,2H2,1H3. The Balaban J connectivity index is 3.21. The first kappa shape index (κ1) is 7.85. The van der Waals surface area contributed by atoms with E-state index in [9.17, 15) is 4.39 Å². The molecule has 2 N–H and O–H groups in total. The summed E-state index contributed by atoms with van der Waals surface area (Å²) in [4.78, 5) is 0. The van der Waals surface area contributed by atoms with Crippen molar-refractivity contribution < 1.29 is 14.6 Å². The molecule has 0 aliphatic rings. The van der Waals surface area contributed by atoms with Gasteiger partial charge in [-0.2, -0.15) is 0 Å². The maximum Gasteiger partial charge on any atom is 0.194 e. The van der Waals surface area contributed by atoms with Gasteiger partial charge in [-0.15, -0.1) is 0 Å². The summed E-state index contributed by atoms with van der Waals surface area (Å²) in [7, 11) is 0. The molecule has 0 radical (unpaired) electrons. The number of hydrogen-bond acceptors (Lipinski definition) is 2. The lowest BCUT2D eigenvalue weighted by molar-refractivity contribution is 0.378. The molecule has 1 aromatic rings. The minimum absolute atomic E-state index is 0.401. The molecule has 11 heavy (non-hydrogen) atoms. The zero-order valence-electron chi connectivity index (χ0n) is 6.13. The zero-order chi connectivity index (χ0) is 8.43. The van der Waals surface area contributed by atoms with Crippen LogP contribution in [0.3, 0.4) is 0 Å². The van der Waals surface area contributed by atoms with E-state index < -0.39 is 17.3 Å². The highest BCUT2D eigenvalue weighted by atomic mass is 19.1. The van der Waals surface area contributed by atoms with Gasteiger partial charge in [0.1, 0.15) is 0 Å². The highest BCUT2D eigenvalue weighted by Crippen LogP contribution is 2.28. The monoisotopic (exact) mass is 156 g/mol. The van der Waals surface area contributed by atoms with Crippen LogP contribution in [-0.2, 0) is 6.42 Å². The predicted molar refractivity (Wildman–Crippen MR) is 39.1 cm³/mol. The van der Waals surface area contributed by atoms with Crippen molar-refractivity contribution in [3.63, 3.8) is 0 Å². The van der Waals surface area contributed by atoms with Crippen molar-refractivity contribution in [1.29, 1.82) is 0 Å². The molecule has 0 heterocycles. The van der Waals surface area contributed by atoms with Crippen molar-refractivity contribution in [3.8, 4) is 11.5 Å². The molecule has 0 aromatic heterocycles. The number of phenolic OH excluding ortho intramolecular Hbond substituents is 2. The molecule has 0 bridgehead atoms. The Labute approximate surface area is 63.9 Å². The van der Waals surface area contributed by atoms with E-state index in [1.165, 1.54) is 12.1 Å². The van der Waals surface area contributed by atoms with E-state index in [2.05, 4.69) is 0 Å². The van der Waals surface area contributed by atoms with Gasteiger partial charge in [-0.3, -0.25) is 0 Å². The van der Waals surface area contributed by atoms with Gasteiger partial charge in [0.2, 0.25) is 0 Å². The Kier molecular flexibility index (Phi) is 1.98. The Morgan fingerprint density at radius 3 is 2.45 bits per heavy atom. The highest BCUT2D eigenvalue weighted by Gasteiger charge is 2.06. The second-order valence-electron chi connectivity index (χ2n) is 2.30. The third-order valence-electron chi connectivity index (χ3n) is 1.51. The van der Waals surface area contributed by atoms with Crippen molar-refractivity contribution in [1.82, 2.24) is 0 Å². The average molecular weight is 156 g/mol. The Bertz CT molecular complexity index is 248. The summed E-state index contributed by atoms with van der Waals surface area (Å²) < 4.78 is 12.6.